The molecule has 1 aliphatic heterocycles. The summed E-state index contributed by atoms with van der Waals surface area (Å²) in [7, 11) is 0. The zero-order valence-corrected chi connectivity index (χ0v) is 18.5. The van der Waals surface area contributed by atoms with Crippen LogP contribution >= 0.6 is 11.6 Å². The van der Waals surface area contributed by atoms with Gasteiger partial charge in [0, 0.05) is 41.9 Å². The number of aromatic nitrogens is 4. The molecule has 0 aromatic carbocycles. The number of pyridine rings is 1. The number of carbonyl (C=O) groups is 1. The second kappa shape index (κ2) is 8.75. The molecule has 2 aliphatic rings. The Kier molecular flexibility index (Phi) is 5.79. The molecule has 2 fully saturated rings. The number of anilines is 1. The van der Waals surface area contributed by atoms with Gasteiger partial charge in [-0.3, -0.25) is 0 Å². The molecule has 5 rings (SSSR count). The third-order valence-corrected chi connectivity index (χ3v) is 6.88. The molecule has 174 valence electrons. The van der Waals surface area contributed by atoms with Crippen LogP contribution in [0.4, 0.5) is 15.0 Å². The van der Waals surface area contributed by atoms with E-state index in [1.807, 2.05) is 0 Å². The molecule has 0 bridgehead atoms. The van der Waals surface area contributed by atoms with Gasteiger partial charge in [-0.15, -0.1) is 0 Å². The van der Waals surface area contributed by atoms with Crippen LogP contribution in [0.3, 0.4) is 0 Å². The number of nitrogens with zero attached hydrogens (tertiary/aromatic N) is 3. The largest absolute Gasteiger partial charge is 0.465 e. The highest BCUT2D eigenvalue weighted by molar-refractivity contribution is 6.31. The second-order valence-corrected chi connectivity index (χ2v) is 9.16. The number of hydrogen-bond acceptors (Lipinski definition) is 6. The van der Waals surface area contributed by atoms with Gasteiger partial charge in [-0.2, -0.15) is 0 Å². The average Bonchev–Trinajstić information content (AvgIpc) is 3.45. The molecule has 1 saturated carbocycles. The molecule has 2 unspecified atom stereocenters. The quantitative estimate of drug-likeness (QED) is 0.436. The van der Waals surface area contributed by atoms with Gasteiger partial charge in [0.15, 0.2) is 17.5 Å². The zero-order chi connectivity index (χ0) is 23.0. The van der Waals surface area contributed by atoms with Crippen molar-refractivity contribution in [1.29, 1.82) is 0 Å². The first-order valence-corrected chi connectivity index (χ1v) is 11.3. The molecular weight excluding hydrogens is 451 g/mol. The minimum absolute atomic E-state index is 0.0862. The third kappa shape index (κ3) is 4.32. The normalized spacial score (nSPS) is 25.3. The average molecular weight is 475 g/mol. The van der Waals surface area contributed by atoms with Crippen molar-refractivity contribution in [2.45, 2.75) is 43.7 Å². The molecule has 4 N–H and O–H groups in total. The van der Waals surface area contributed by atoms with Crippen LogP contribution in [0, 0.1) is 11.7 Å². The summed E-state index contributed by atoms with van der Waals surface area (Å²) in [5.41, 5.74) is 0.688. The lowest BCUT2D eigenvalue weighted by Gasteiger charge is -2.44. The highest BCUT2D eigenvalue weighted by Gasteiger charge is 2.45. The first-order chi connectivity index (χ1) is 15.9. The number of rotatable bonds is 5. The van der Waals surface area contributed by atoms with Crippen LogP contribution in [0.15, 0.2) is 24.7 Å². The molecule has 0 radical (unpaired) electrons. The van der Waals surface area contributed by atoms with Gasteiger partial charge in [0.2, 0.25) is 0 Å². The molecule has 33 heavy (non-hydrogen) atoms. The summed E-state index contributed by atoms with van der Waals surface area (Å²) in [4.78, 5) is 27.5. The molecule has 3 aromatic heterocycles. The van der Waals surface area contributed by atoms with Crippen LogP contribution in [-0.2, 0) is 4.74 Å². The topological polar surface area (TPSA) is 125 Å². The van der Waals surface area contributed by atoms with E-state index in [0.29, 0.717) is 41.7 Å². The van der Waals surface area contributed by atoms with Gasteiger partial charge < -0.3 is 25.5 Å². The van der Waals surface area contributed by atoms with Gasteiger partial charge in [0.25, 0.3) is 0 Å². The Morgan fingerprint density at radius 1 is 1.33 bits per heavy atom. The molecule has 0 spiro atoms. The number of fused-ring (bicyclic) bond motifs is 1. The Bertz CT molecular complexity index is 1180. The molecule has 9 nitrogen and oxygen atoms in total. The lowest BCUT2D eigenvalue weighted by atomic mass is 9.70. The van der Waals surface area contributed by atoms with Crippen LogP contribution in [-0.4, -0.2) is 55.9 Å². The minimum atomic E-state index is -1.05. The van der Waals surface area contributed by atoms with Crippen molar-refractivity contribution in [3.05, 3.63) is 35.5 Å². The van der Waals surface area contributed by atoms with Crippen molar-refractivity contribution in [2.24, 2.45) is 5.92 Å². The summed E-state index contributed by atoms with van der Waals surface area (Å²) in [6.07, 6.45) is 6.98. The molecule has 3 atom stereocenters. The summed E-state index contributed by atoms with van der Waals surface area (Å²) in [6, 6.07) is 1.61. The predicted molar refractivity (Wildman–Crippen MR) is 121 cm³/mol. The number of carboxylic acid groups (broad SMARTS) is 1. The number of nitrogens with one attached hydrogen (secondary N) is 3. The fourth-order valence-electron chi connectivity index (χ4n) is 5.15. The van der Waals surface area contributed by atoms with E-state index < -0.39 is 17.4 Å². The van der Waals surface area contributed by atoms with Crippen molar-refractivity contribution in [2.75, 3.05) is 18.5 Å². The maximum atomic E-state index is 14.7. The Hall–Kier alpha value is -2.98. The summed E-state index contributed by atoms with van der Waals surface area (Å²) >= 11 is 6.09. The van der Waals surface area contributed by atoms with Crippen molar-refractivity contribution >= 4 is 34.5 Å². The number of ether oxygens (including phenoxy) is 1. The van der Waals surface area contributed by atoms with Crippen molar-refractivity contribution < 1.29 is 19.0 Å². The highest BCUT2D eigenvalue weighted by Crippen LogP contribution is 2.39. The van der Waals surface area contributed by atoms with E-state index in [0.717, 1.165) is 37.3 Å². The van der Waals surface area contributed by atoms with Crippen LogP contribution < -0.4 is 10.6 Å². The SMILES string of the molecule is O=C(O)NC1(C2CCOC2)CCC[C@H](Nc2nc(-c3c[nH]c4ncc(Cl)cc34)ncc2F)C1. The maximum absolute atomic E-state index is 14.7. The Morgan fingerprint density at radius 2 is 2.21 bits per heavy atom. The van der Waals surface area contributed by atoms with Crippen LogP contribution in [0.2, 0.25) is 5.02 Å². The highest BCUT2D eigenvalue weighted by atomic mass is 35.5. The van der Waals surface area contributed by atoms with E-state index in [9.17, 15) is 14.3 Å². The molecule has 1 amide bonds. The monoisotopic (exact) mass is 474 g/mol. The Labute approximate surface area is 194 Å². The number of H-pyrrole nitrogens is 1. The zero-order valence-electron chi connectivity index (χ0n) is 17.8. The standard InChI is InChI=1S/C22H24ClFN6O3/c23-13-6-15-16(9-26-18(15)25-8-13)19-27-10-17(24)20(29-19)28-14-2-1-4-22(7-14,30-21(31)32)12-3-5-33-11-12/h6,8-10,12,14,30H,1-5,7,11H2,(H,25,26)(H,31,32)(H,27,28,29)/t12?,14-,22?/m0/s1. The molecule has 1 aliphatic carbocycles. The van der Waals surface area contributed by atoms with E-state index in [1.54, 1.807) is 18.5 Å². The lowest BCUT2D eigenvalue weighted by Crippen LogP contribution is -2.58. The van der Waals surface area contributed by atoms with Crippen LogP contribution in [0.25, 0.3) is 22.4 Å². The Morgan fingerprint density at radius 3 is 3.00 bits per heavy atom. The van der Waals surface area contributed by atoms with Gasteiger partial charge in [-0.25, -0.2) is 24.1 Å². The van der Waals surface area contributed by atoms with Crippen molar-refractivity contribution in [3.8, 4) is 11.4 Å². The number of amides is 1. The predicted octanol–water partition coefficient (Wildman–Crippen LogP) is 4.21. The maximum Gasteiger partial charge on any atom is 0.405 e. The molecule has 4 heterocycles. The number of halogens is 2. The first-order valence-electron chi connectivity index (χ1n) is 10.9. The van der Waals surface area contributed by atoms with Gasteiger partial charge in [-0.1, -0.05) is 11.6 Å². The van der Waals surface area contributed by atoms with E-state index in [2.05, 4.69) is 30.6 Å². The first kappa shape index (κ1) is 21.8. The van der Waals surface area contributed by atoms with E-state index in [4.69, 9.17) is 16.3 Å². The number of hydrogen-bond donors (Lipinski definition) is 4. The van der Waals surface area contributed by atoms with Gasteiger partial charge >= 0.3 is 6.09 Å². The number of aromatic amines is 1. The van der Waals surface area contributed by atoms with E-state index >= 15 is 0 Å². The molecular formula is C22H24ClFN6O3. The van der Waals surface area contributed by atoms with E-state index in [-0.39, 0.29) is 17.8 Å². The summed E-state index contributed by atoms with van der Waals surface area (Å²) in [5, 5.41) is 16.7. The van der Waals surface area contributed by atoms with Crippen LogP contribution in [0.1, 0.15) is 32.1 Å². The summed E-state index contributed by atoms with van der Waals surface area (Å²) in [6.45, 7) is 1.15. The van der Waals surface area contributed by atoms with Crippen LogP contribution in [0.5, 0.6) is 0 Å². The second-order valence-electron chi connectivity index (χ2n) is 8.73. The lowest BCUT2D eigenvalue weighted by molar-refractivity contribution is 0.103. The minimum Gasteiger partial charge on any atom is -0.465 e. The van der Waals surface area contributed by atoms with Gasteiger partial charge in [0.05, 0.1) is 23.4 Å². The summed E-state index contributed by atoms with van der Waals surface area (Å²) < 4.78 is 20.2. The Balaban J connectivity index is 1.42. The third-order valence-electron chi connectivity index (χ3n) is 6.68. The smallest absolute Gasteiger partial charge is 0.405 e. The van der Waals surface area contributed by atoms with Gasteiger partial charge in [0.1, 0.15) is 5.65 Å². The van der Waals surface area contributed by atoms with E-state index in [1.165, 1.54) is 0 Å². The van der Waals surface area contributed by atoms with Gasteiger partial charge in [-0.05, 0) is 38.2 Å². The van der Waals surface area contributed by atoms with Crippen molar-refractivity contribution in [3.63, 3.8) is 0 Å². The fraction of sp³-hybridized carbons (Fsp3) is 0.455. The summed E-state index contributed by atoms with van der Waals surface area (Å²) in [5.74, 6) is -0.0546. The molecule has 3 aromatic rings. The molecule has 1 saturated heterocycles. The molecule has 11 heteroatoms. The fourth-order valence-corrected chi connectivity index (χ4v) is 5.31. The van der Waals surface area contributed by atoms with Crippen molar-refractivity contribution in [1.82, 2.24) is 25.3 Å².